The number of halogens is 2. The molecule has 2 aromatic carbocycles. The molecule has 5 nitrogen and oxygen atoms in total. The Hall–Kier alpha value is -2.80. The Labute approximate surface area is 162 Å². The van der Waals surface area contributed by atoms with Gasteiger partial charge in [-0.25, -0.2) is 8.78 Å². The minimum Gasteiger partial charge on any atom is -0.367 e. The van der Waals surface area contributed by atoms with Crippen molar-refractivity contribution in [3.05, 3.63) is 53.6 Å². The third kappa shape index (κ3) is 3.62. The van der Waals surface area contributed by atoms with Crippen molar-refractivity contribution in [3.63, 3.8) is 0 Å². The van der Waals surface area contributed by atoms with Crippen LogP contribution in [-0.4, -0.2) is 49.7 Å². The number of likely N-dealkylation sites (N-methyl/N-ethyl adjacent to an activating group) is 1. The summed E-state index contributed by atoms with van der Waals surface area (Å²) < 4.78 is 28.1. The van der Waals surface area contributed by atoms with Gasteiger partial charge >= 0.3 is 0 Å². The minimum atomic E-state index is -0.685. The zero-order valence-electron chi connectivity index (χ0n) is 15.7. The van der Waals surface area contributed by atoms with Crippen molar-refractivity contribution in [2.24, 2.45) is 4.99 Å². The fraction of sp³-hybridized carbons (Fsp3) is 0.333. The third-order valence-corrected chi connectivity index (χ3v) is 5.35. The molecule has 1 atom stereocenters. The van der Waals surface area contributed by atoms with Crippen LogP contribution in [0.5, 0.6) is 0 Å². The first-order valence-electron chi connectivity index (χ1n) is 9.46. The van der Waals surface area contributed by atoms with E-state index in [-0.39, 0.29) is 11.7 Å². The molecule has 1 N–H and O–H groups in total. The Morgan fingerprint density at radius 2 is 1.93 bits per heavy atom. The standard InChI is InChI=1S/C21H22F2N4O/c1-2-26-7-9-27(10-8-26)20-6-4-15(12-18(20)23)24-13-17-16-11-14(22)3-5-19(16)25-21(17)28/h3-6,11-13,17H,2,7-10H2,1H3,(H,25,28). The lowest BCUT2D eigenvalue weighted by Crippen LogP contribution is -2.46. The van der Waals surface area contributed by atoms with Gasteiger partial charge in [0, 0.05) is 44.1 Å². The van der Waals surface area contributed by atoms with Gasteiger partial charge in [-0.15, -0.1) is 0 Å². The number of benzene rings is 2. The van der Waals surface area contributed by atoms with Gasteiger partial charge < -0.3 is 15.1 Å². The molecule has 1 fully saturated rings. The Balaban J connectivity index is 1.50. The zero-order chi connectivity index (χ0) is 19.7. The summed E-state index contributed by atoms with van der Waals surface area (Å²) in [6.07, 6.45) is 1.44. The molecule has 0 aliphatic carbocycles. The summed E-state index contributed by atoms with van der Waals surface area (Å²) in [5, 5.41) is 2.70. The van der Waals surface area contributed by atoms with Crippen LogP contribution in [0.2, 0.25) is 0 Å². The fourth-order valence-corrected chi connectivity index (χ4v) is 3.70. The molecule has 0 radical (unpaired) electrons. The number of nitrogens with zero attached hydrogens (tertiary/aromatic N) is 3. The van der Waals surface area contributed by atoms with E-state index in [2.05, 4.69) is 22.1 Å². The summed E-state index contributed by atoms with van der Waals surface area (Å²) in [4.78, 5) is 20.8. The van der Waals surface area contributed by atoms with Gasteiger partial charge in [0.1, 0.15) is 17.6 Å². The predicted molar refractivity (Wildman–Crippen MR) is 107 cm³/mol. The molecule has 0 aromatic heterocycles. The van der Waals surface area contributed by atoms with Crippen molar-refractivity contribution in [3.8, 4) is 0 Å². The first-order valence-corrected chi connectivity index (χ1v) is 9.46. The highest BCUT2D eigenvalue weighted by Crippen LogP contribution is 2.33. The fourth-order valence-electron chi connectivity index (χ4n) is 3.70. The van der Waals surface area contributed by atoms with Crippen LogP contribution >= 0.6 is 0 Å². The molecule has 2 aromatic rings. The van der Waals surface area contributed by atoms with E-state index in [4.69, 9.17) is 0 Å². The van der Waals surface area contributed by atoms with Crippen molar-refractivity contribution in [2.45, 2.75) is 12.8 Å². The first-order chi connectivity index (χ1) is 13.5. The summed E-state index contributed by atoms with van der Waals surface area (Å²) in [6.45, 7) is 6.55. The number of anilines is 2. The molecule has 1 amide bonds. The highest BCUT2D eigenvalue weighted by Gasteiger charge is 2.29. The third-order valence-electron chi connectivity index (χ3n) is 5.35. The van der Waals surface area contributed by atoms with E-state index in [0.717, 1.165) is 32.7 Å². The van der Waals surface area contributed by atoms with Crippen LogP contribution in [-0.2, 0) is 4.79 Å². The molecular formula is C21H22F2N4O. The van der Waals surface area contributed by atoms with Gasteiger partial charge in [0.05, 0.1) is 11.4 Å². The van der Waals surface area contributed by atoms with Crippen LogP contribution in [0.4, 0.5) is 25.8 Å². The average Bonchev–Trinajstić information content (AvgIpc) is 3.01. The second-order valence-electron chi connectivity index (χ2n) is 7.03. The van der Waals surface area contributed by atoms with Crippen LogP contribution in [0.15, 0.2) is 41.4 Å². The highest BCUT2D eigenvalue weighted by atomic mass is 19.1. The summed E-state index contributed by atoms with van der Waals surface area (Å²) >= 11 is 0. The number of aliphatic imine (C=N–C) groups is 1. The maximum atomic E-state index is 14.6. The Kier molecular flexibility index (Phi) is 5.09. The van der Waals surface area contributed by atoms with E-state index in [0.29, 0.717) is 22.6 Å². The first kappa shape index (κ1) is 18.6. The van der Waals surface area contributed by atoms with Crippen molar-refractivity contribution in [2.75, 3.05) is 42.9 Å². The molecule has 0 bridgehead atoms. The number of fused-ring (bicyclic) bond motifs is 1. The van der Waals surface area contributed by atoms with Gasteiger partial charge in [-0.1, -0.05) is 6.92 Å². The normalized spacial score (nSPS) is 19.9. The number of carbonyl (C=O) groups is 1. The van der Waals surface area contributed by atoms with Crippen LogP contribution in [0.1, 0.15) is 18.4 Å². The van der Waals surface area contributed by atoms with Crippen molar-refractivity contribution >= 4 is 29.2 Å². The number of amides is 1. The van der Waals surface area contributed by atoms with E-state index in [9.17, 15) is 13.6 Å². The SMILES string of the molecule is CCN1CCN(c2ccc(N=CC3C(=O)Nc4ccc(F)cc43)cc2F)CC1. The lowest BCUT2D eigenvalue weighted by atomic mass is 10.0. The highest BCUT2D eigenvalue weighted by molar-refractivity contribution is 6.12. The topological polar surface area (TPSA) is 47.9 Å². The van der Waals surface area contributed by atoms with Gasteiger partial charge in [-0.3, -0.25) is 9.79 Å². The molecule has 0 spiro atoms. The molecule has 1 unspecified atom stereocenters. The van der Waals surface area contributed by atoms with Crippen molar-refractivity contribution in [1.82, 2.24) is 4.90 Å². The molecule has 2 aliphatic rings. The zero-order valence-corrected chi connectivity index (χ0v) is 15.7. The van der Waals surface area contributed by atoms with Crippen LogP contribution in [0.25, 0.3) is 0 Å². The van der Waals surface area contributed by atoms with Crippen LogP contribution < -0.4 is 10.2 Å². The Morgan fingerprint density at radius 3 is 2.64 bits per heavy atom. The molecule has 7 heteroatoms. The maximum absolute atomic E-state index is 14.6. The van der Waals surface area contributed by atoms with Gasteiger partial charge in [0.2, 0.25) is 5.91 Å². The molecule has 0 saturated carbocycles. The number of rotatable bonds is 4. The largest absolute Gasteiger partial charge is 0.367 e. The van der Waals surface area contributed by atoms with Gasteiger partial charge in [-0.05, 0) is 42.4 Å². The van der Waals surface area contributed by atoms with Crippen LogP contribution in [0.3, 0.4) is 0 Å². The summed E-state index contributed by atoms with van der Waals surface area (Å²) in [5.41, 5.74) is 2.11. The van der Waals surface area contributed by atoms with Gasteiger partial charge in [0.25, 0.3) is 0 Å². The molecule has 2 heterocycles. The van der Waals surface area contributed by atoms with Crippen molar-refractivity contribution in [1.29, 1.82) is 0 Å². The van der Waals surface area contributed by atoms with Crippen molar-refractivity contribution < 1.29 is 13.6 Å². The molecule has 4 rings (SSSR count). The number of hydrogen-bond donors (Lipinski definition) is 1. The van der Waals surface area contributed by atoms with E-state index in [1.807, 2.05) is 4.90 Å². The van der Waals surface area contributed by atoms with Crippen LogP contribution in [0, 0.1) is 11.6 Å². The molecule has 1 saturated heterocycles. The molecule has 28 heavy (non-hydrogen) atoms. The number of piperazine rings is 1. The molecular weight excluding hydrogens is 362 g/mol. The van der Waals surface area contributed by atoms with E-state index in [1.54, 1.807) is 12.1 Å². The van der Waals surface area contributed by atoms with E-state index < -0.39 is 11.7 Å². The van der Waals surface area contributed by atoms with E-state index in [1.165, 1.54) is 30.5 Å². The van der Waals surface area contributed by atoms with E-state index >= 15 is 0 Å². The Bertz CT molecular complexity index is 923. The second kappa shape index (κ2) is 7.67. The monoisotopic (exact) mass is 384 g/mol. The average molecular weight is 384 g/mol. The quantitative estimate of drug-likeness (QED) is 0.821. The summed E-state index contributed by atoms with van der Waals surface area (Å²) in [6, 6.07) is 8.99. The second-order valence-corrected chi connectivity index (χ2v) is 7.03. The van der Waals surface area contributed by atoms with Gasteiger partial charge in [-0.2, -0.15) is 0 Å². The number of hydrogen-bond acceptors (Lipinski definition) is 4. The van der Waals surface area contributed by atoms with Gasteiger partial charge in [0.15, 0.2) is 0 Å². The predicted octanol–water partition coefficient (Wildman–Crippen LogP) is 3.54. The summed E-state index contributed by atoms with van der Waals surface area (Å²) in [7, 11) is 0. The molecule has 146 valence electrons. The smallest absolute Gasteiger partial charge is 0.237 e. The Morgan fingerprint density at radius 1 is 1.14 bits per heavy atom. The number of carbonyl (C=O) groups excluding carboxylic acids is 1. The summed E-state index contributed by atoms with van der Waals surface area (Å²) in [5.74, 6) is -1.69. The number of nitrogens with one attached hydrogen (secondary N) is 1. The lowest BCUT2D eigenvalue weighted by molar-refractivity contribution is -0.115. The lowest BCUT2D eigenvalue weighted by Gasteiger charge is -2.35. The molecule has 2 aliphatic heterocycles. The minimum absolute atomic E-state index is 0.268. The maximum Gasteiger partial charge on any atom is 0.237 e.